The number of halogens is 1. The van der Waals surface area contributed by atoms with Crippen LogP contribution in [0.4, 0.5) is 5.69 Å². The fourth-order valence-corrected chi connectivity index (χ4v) is 3.92. The third kappa shape index (κ3) is 3.92. The third-order valence-corrected chi connectivity index (χ3v) is 5.48. The molecule has 3 amide bonds. The number of nitrogens with zero attached hydrogens (tertiary/aromatic N) is 3. The maximum Gasteiger partial charge on any atom is 0.228 e. The quantitative estimate of drug-likeness (QED) is 0.750. The highest BCUT2D eigenvalue weighted by Crippen LogP contribution is 2.28. The average Bonchev–Trinajstić information content (AvgIpc) is 3.02. The Morgan fingerprint density at radius 3 is 2.38 bits per heavy atom. The van der Waals surface area contributed by atoms with Gasteiger partial charge in [0.15, 0.2) is 0 Å². The Morgan fingerprint density at radius 2 is 1.77 bits per heavy atom. The van der Waals surface area contributed by atoms with Crippen molar-refractivity contribution in [3.8, 4) is 0 Å². The Balaban J connectivity index is 1.60. The molecule has 26 heavy (non-hydrogen) atoms. The molecule has 6 nitrogen and oxygen atoms in total. The lowest BCUT2D eigenvalue weighted by molar-refractivity contribution is -0.143. The molecule has 1 aromatic carbocycles. The van der Waals surface area contributed by atoms with E-state index in [4.69, 9.17) is 0 Å². The Bertz CT molecular complexity index is 714. The molecule has 1 atom stereocenters. The van der Waals surface area contributed by atoms with E-state index in [9.17, 15) is 14.4 Å². The van der Waals surface area contributed by atoms with Crippen LogP contribution in [-0.2, 0) is 14.4 Å². The van der Waals surface area contributed by atoms with Crippen LogP contribution >= 0.6 is 15.9 Å². The molecule has 0 radical (unpaired) electrons. The second kappa shape index (κ2) is 7.78. The zero-order chi connectivity index (χ0) is 18.8. The van der Waals surface area contributed by atoms with Crippen molar-refractivity contribution in [3.05, 3.63) is 28.7 Å². The van der Waals surface area contributed by atoms with Crippen molar-refractivity contribution < 1.29 is 14.4 Å². The second-order valence-corrected chi connectivity index (χ2v) is 8.11. The van der Waals surface area contributed by atoms with Crippen molar-refractivity contribution in [2.24, 2.45) is 11.8 Å². The van der Waals surface area contributed by atoms with Crippen LogP contribution in [0, 0.1) is 11.8 Å². The minimum atomic E-state index is -0.311. The lowest BCUT2D eigenvalue weighted by atomic mass is 10.1. The topological polar surface area (TPSA) is 60.9 Å². The Labute approximate surface area is 162 Å². The lowest BCUT2D eigenvalue weighted by Crippen LogP contribution is -2.53. The standard InChI is InChI=1S/C19H24BrN3O3/c1-13(2)18(25)21-6-8-22(9-7-21)19(26)14-10-17(24)23(12-14)16-5-3-4-15(20)11-16/h3-5,11,13-14H,6-10,12H2,1-2H3. The predicted octanol–water partition coefficient (Wildman–Crippen LogP) is 2.13. The summed E-state index contributed by atoms with van der Waals surface area (Å²) in [7, 11) is 0. The molecule has 0 aromatic heterocycles. The average molecular weight is 422 g/mol. The molecule has 140 valence electrons. The summed E-state index contributed by atoms with van der Waals surface area (Å²) in [6.07, 6.45) is 0.247. The summed E-state index contributed by atoms with van der Waals surface area (Å²) in [5.41, 5.74) is 0.812. The fourth-order valence-electron chi connectivity index (χ4n) is 3.54. The first-order chi connectivity index (χ1) is 12.4. The summed E-state index contributed by atoms with van der Waals surface area (Å²) in [5.74, 6) is -0.200. The van der Waals surface area contributed by atoms with Gasteiger partial charge in [-0.15, -0.1) is 0 Å². The van der Waals surface area contributed by atoms with Gasteiger partial charge in [-0.05, 0) is 18.2 Å². The number of carbonyl (C=O) groups is 3. The molecule has 0 saturated carbocycles. The van der Waals surface area contributed by atoms with Crippen LogP contribution in [0.25, 0.3) is 0 Å². The number of carbonyl (C=O) groups excluding carboxylic acids is 3. The first kappa shape index (κ1) is 18.9. The van der Waals surface area contributed by atoms with E-state index < -0.39 is 0 Å². The number of piperazine rings is 1. The van der Waals surface area contributed by atoms with E-state index in [1.807, 2.05) is 43.0 Å². The van der Waals surface area contributed by atoms with Gasteiger partial charge in [-0.3, -0.25) is 14.4 Å². The number of amides is 3. The van der Waals surface area contributed by atoms with Gasteiger partial charge in [-0.1, -0.05) is 35.8 Å². The number of benzene rings is 1. The van der Waals surface area contributed by atoms with Gasteiger partial charge in [0, 0.05) is 55.2 Å². The molecule has 7 heteroatoms. The molecule has 0 bridgehead atoms. The molecule has 2 fully saturated rings. The van der Waals surface area contributed by atoms with Crippen molar-refractivity contribution in [3.63, 3.8) is 0 Å². The van der Waals surface area contributed by atoms with Crippen LogP contribution < -0.4 is 4.90 Å². The van der Waals surface area contributed by atoms with Crippen LogP contribution in [0.15, 0.2) is 28.7 Å². The Kier molecular flexibility index (Phi) is 5.65. The smallest absolute Gasteiger partial charge is 0.228 e. The summed E-state index contributed by atoms with van der Waals surface area (Å²) in [6, 6.07) is 7.56. The molecular formula is C19H24BrN3O3. The van der Waals surface area contributed by atoms with Gasteiger partial charge in [0.05, 0.1) is 5.92 Å². The third-order valence-electron chi connectivity index (χ3n) is 4.99. The Morgan fingerprint density at radius 1 is 1.12 bits per heavy atom. The molecule has 1 aromatic rings. The molecule has 1 unspecified atom stereocenters. The van der Waals surface area contributed by atoms with Crippen molar-refractivity contribution in [1.29, 1.82) is 0 Å². The monoisotopic (exact) mass is 421 g/mol. The van der Waals surface area contributed by atoms with Crippen molar-refractivity contribution >= 4 is 39.3 Å². The van der Waals surface area contributed by atoms with Gasteiger partial charge in [0.1, 0.15) is 0 Å². The van der Waals surface area contributed by atoms with Crippen LogP contribution in [0.2, 0.25) is 0 Å². The normalized spacial score (nSPS) is 20.8. The highest BCUT2D eigenvalue weighted by molar-refractivity contribution is 9.10. The summed E-state index contributed by atoms with van der Waals surface area (Å²) in [6.45, 7) is 6.41. The number of anilines is 1. The van der Waals surface area contributed by atoms with E-state index in [0.29, 0.717) is 32.7 Å². The van der Waals surface area contributed by atoms with Crippen molar-refractivity contribution in [1.82, 2.24) is 9.80 Å². The molecule has 2 aliphatic rings. The summed E-state index contributed by atoms with van der Waals surface area (Å²) in [5, 5.41) is 0. The number of hydrogen-bond donors (Lipinski definition) is 0. The predicted molar refractivity (Wildman–Crippen MR) is 103 cm³/mol. The van der Waals surface area contributed by atoms with Gasteiger partial charge in [-0.25, -0.2) is 0 Å². The SMILES string of the molecule is CC(C)C(=O)N1CCN(C(=O)C2CC(=O)N(c3cccc(Br)c3)C2)CC1. The minimum Gasteiger partial charge on any atom is -0.339 e. The number of rotatable bonds is 3. The largest absolute Gasteiger partial charge is 0.339 e. The van der Waals surface area contributed by atoms with Gasteiger partial charge in [0.25, 0.3) is 0 Å². The summed E-state index contributed by atoms with van der Waals surface area (Å²) in [4.78, 5) is 42.6. The molecule has 2 saturated heterocycles. The van der Waals surface area contributed by atoms with Crippen LogP contribution in [0.3, 0.4) is 0 Å². The first-order valence-electron chi connectivity index (χ1n) is 9.00. The summed E-state index contributed by atoms with van der Waals surface area (Å²) < 4.78 is 0.906. The van der Waals surface area contributed by atoms with E-state index in [0.717, 1.165) is 10.2 Å². The second-order valence-electron chi connectivity index (χ2n) is 7.19. The molecule has 3 rings (SSSR count). The zero-order valence-corrected chi connectivity index (χ0v) is 16.7. The highest BCUT2D eigenvalue weighted by atomic mass is 79.9. The molecule has 0 aliphatic carbocycles. The lowest BCUT2D eigenvalue weighted by Gasteiger charge is -2.36. The number of hydrogen-bond acceptors (Lipinski definition) is 3. The molecule has 2 heterocycles. The highest BCUT2D eigenvalue weighted by Gasteiger charge is 2.38. The van der Waals surface area contributed by atoms with Crippen LogP contribution in [0.5, 0.6) is 0 Å². The first-order valence-corrected chi connectivity index (χ1v) is 9.79. The van der Waals surface area contributed by atoms with E-state index in [1.165, 1.54) is 0 Å². The minimum absolute atomic E-state index is 0.0185. The Hall–Kier alpha value is -1.89. The van der Waals surface area contributed by atoms with E-state index in [1.54, 1.807) is 9.80 Å². The molecule has 0 N–H and O–H groups in total. The van der Waals surface area contributed by atoms with Gasteiger partial charge >= 0.3 is 0 Å². The molecular weight excluding hydrogens is 398 g/mol. The summed E-state index contributed by atoms with van der Waals surface area (Å²) >= 11 is 3.42. The van der Waals surface area contributed by atoms with Crippen molar-refractivity contribution in [2.75, 3.05) is 37.6 Å². The molecule has 2 aliphatic heterocycles. The maximum absolute atomic E-state index is 12.8. The van der Waals surface area contributed by atoms with Crippen LogP contribution in [-0.4, -0.2) is 60.2 Å². The van der Waals surface area contributed by atoms with Crippen LogP contribution in [0.1, 0.15) is 20.3 Å². The zero-order valence-electron chi connectivity index (χ0n) is 15.2. The molecule has 0 spiro atoms. The van der Waals surface area contributed by atoms with Gasteiger partial charge < -0.3 is 14.7 Å². The maximum atomic E-state index is 12.8. The fraction of sp³-hybridized carbons (Fsp3) is 0.526. The van der Waals surface area contributed by atoms with E-state index in [-0.39, 0.29) is 36.0 Å². The van der Waals surface area contributed by atoms with E-state index >= 15 is 0 Å². The van der Waals surface area contributed by atoms with E-state index in [2.05, 4.69) is 15.9 Å². The van der Waals surface area contributed by atoms with Crippen molar-refractivity contribution in [2.45, 2.75) is 20.3 Å². The van der Waals surface area contributed by atoms with Gasteiger partial charge in [0.2, 0.25) is 17.7 Å². The van der Waals surface area contributed by atoms with Gasteiger partial charge in [-0.2, -0.15) is 0 Å².